The van der Waals surface area contributed by atoms with E-state index in [0.29, 0.717) is 11.8 Å². The molecule has 6 nitrogen and oxygen atoms in total. The van der Waals surface area contributed by atoms with Gasteiger partial charge in [0.05, 0.1) is 7.11 Å². The van der Waals surface area contributed by atoms with Gasteiger partial charge in [-0.3, -0.25) is 9.59 Å². The Kier molecular flexibility index (Phi) is 4.62. The van der Waals surface area contributed by atoms with Crippen molar-refractivity contribution in [2.24, 2.45) is 17.8 Å². The quantitative estimate of drug-likeness (QED) is 0.708. The van der Waals surface area contributed by atoms with Crippen molar-refractivity contribution in [2.45, 2.75) is 44.6 Å². The summed E-state index contributed by atoms with van der Waals surface area (Å²) >= 11 is 0. The van der Waals surface area contributed by atoms with Gasteiger partial charge >= 0.3 is 11.9 Å². The van der Waals surface area contributed by atoms with Crippen LogP contribution < -0.4 is 5.32 Å². The molecule has 20 heavy (non-hydrogen) atoms. The molecule has 112 valence electrons. The van der Waals surface area contributed by atoms with Crippen LogP contribution in [0.1, 0.15) is 38.5 Å². The van der Waals surface area contributed by atoms with Crippen molar-refractivity contribution in [3.05, 3.63) is 0 Å². The molecule has 0 aromatic carbocycles. The molecular weight excluding hydrogens is 262 g/mol. The van der Waals surface area contributed by atoms with E-state index in [2.05, 4.69) is 10.1 Å². The first-order valence-electron chi connectivity index (χ1n) is 7.11. The summed E-state index contributed by atoms with van der Waals surface area (Å²) in [5.41, 5.74) is 0. The van der Waals surface area contributed by atoms with E-state index in [1.165, 1.54) is 13.5 Å². The van der Waals surface area contributed by atoms with Gasteiger partial charge in [0.15, 0.2) is 0 Å². The SMILES string of the molecule is COC(=O)CCC(NC(=O)C1CC2CCC1C2)C(=O)O. The molecule has 0 radical (unpaired) electrons. The lowest BCUT2D eigenvalue weighted by Crippen LogP contribution is -2.45. The summed E-state index contributed by atoms with van der Waals surface area (Å²) < 4.78 is 4.48. The number of fused-ring (bicyclic) bond motifs is 2. The van der Waals surface area contributed by atoms with E-state index < -0.39 is 18.0 Å². The van der Waals surface area contributed by atoms with Crippen molar-refractivity contribution in [3.63, 3.8) is 0 Å². The summed E-state index contributed by atoms with van der Waals surface area (Å²) in [6.45, 7) is 0. The van der Waals surface area contributed by atoms with Gasteiger partial charge < -0.3 is 15.2 Å². The van der Waals surface area contributed by atoms with Crippen LogP contribution in [0, 0.1) is 17.8 Å². The second kappa shape index (κ2) is 6.24. The van der Waals surface area contributed by atoms with Crippen LogP contribution in [0.4, 0.5) is 0 Å². The Morgan fingerprint density at radius 2 is 2.05 bits per heavy atom. The summed E-state index contributed by atoms with van der Waals surface area (Å²) in [6, 6.07) is -1.01. The minimum atomic E-state index is -1.11. The molecule has 4 unspecified atom stereocenters. The molecule has 1 amide bonds. The molecular formula is C14H21NO5. The second-order valence-corrected chi connectivity index (χ2v) is 5.80. The number of carboxylic acids is 1. The molecule has 0 heterocycles. The molecule has 0 spiro atoms. The van der Waals surface area contributed by atoms with Crippen LogP contribution in [0.5, 0.6) is 0 Å². The third-order valence-electron chi connectivity index (χ3n) is 4.55. The summed E-state index contributed by atoms with van der Waals surface area (Å²) in [5, 5.41) is 11.7. The van der Waals surface area contributed by atoms with E-state index in [1.807, 2.05) is 0 Å². The Labute approximate surface area is 117 Å². The number of ether oxygens (including phenoxy) is 1. The number of amides is 1. The van der Waals surface area contributed by atoms with Crippen LogP contribution >= 0.6 is 0 Å². The van der Waals surface area contributed by atoms with E-state index in [0.717, 1.165) is 19.3 Å². The Hall–Kier alpha value is -1.59. The molecule has 0 aliphatic heterocycles. The van der Waals surface area contributed by atoms with Gasteiger partial charge in [-0.1, -0.05) is 6.42 Å². The standard InChI is InChI=1S/C14H21NO5/c1-20-12(16)5-4-11(14(18)19)15-13(17)10-7-8-2-3-9(10)6-8/h8-11H,2-7H2,1H3,(H,15,17)(H,18,19). The van der Waals surface area contributed by atoms with Crippen molar-refractivity contribution in [3.8, 4) is 0 Å². The van der Waals surface area contributed by atoms with Crippen LogP contribution in [0.25, 0.3) is 0 Å². The van der Waals surface area contributed by atoms with Gasteiger partial charge in [-0.05, 0) is 37.5 Å². The van der Waals surface area contributed by atoms with Gasteiger partial charge in [0.25, 0.3) is 0 Å². The van der Waals surface area contributed by atoms with Crippen LogP contribution in [-0.4, -0.2) is 36.1 Å². The normalized spacial score (nSPS) is 28.9. The highest BCUT2D eigenvalue weighted by molar-refractivity contribution is 5.85. The highest BCUT2D eigenvalue weighted by Gasteiger charge is 2.43. The predicted octanol–water partition coefficient (Wildman–Crippen LogP) is 0.945. The largest absolute Gasteiger partial charge is 0.480 e. The van der Waals surface area contributed by atoms with E-state index in [4.69, 9.17) is 5.11 Å². The molecule has 0 aromatic heterocycles. The Morgan fingerprint density at radius 1 is 1.30 bits per heavy atom. The van der Waals surface area contributed by atoms with E-state index >= 15 is 0 Å². The average Bonchev–Trinajstić information content (AvgIpc) is 3.04. The number of carbonyl (C=O) groups is 3. The lowest BCUT2D eigenvalue weighted by atomic mass is 9.88. The summed E-state index contributed by atoms with van der Waals surface area (Å²) in [5.74, 6) is -0.747. The molecule has 0 saturated heterocycles. The average molecular weight is 283 g/mol. The van der Waals surface area contributed by atoms with Gasteiger partial charge in [0.2, 0.25) is 5.91 Å². The number of hydrogen-bond acceptors (Lipinski definition) is 4. The third kappa shape index (κ3) is 3.29. The Morgan fingerprint density at radius 3 is 2.55 bits per heavy atom. The lowest BCUT2D eigenvalue weighted by molar-refractivity contribution is -0.144. The fraction of sp³-hybridized carbons (Fsp3) is 0.786. The molecule has 6 heteroatoms. The van der Waals surface area contributed by atoms with E-state index in [1.54, 1.807) is 0 Å². The van der Waals surface area contributed by atoms with Crippen molar-refractivity contribution in [1.29, 1.82) is 0 Å². The summed E-state index contributed by atoms with van der Waals surface area (Å²) in [7, 11) is 1.26. The van der Waals surface area contributed by atoms with Crippen molar-refractivity contribution in [2.75, 3.05) is 7.11 Å². The molecule has 0 aromatic rings. The maximum atomic E-state index is 12.2. The first-order chi connectivity index (χ1) is 9.51. The van der Waals surface area contributed by atoms with Crippen LogP contribution in [0.3, 0.4) is 0 Å². The number of nitrogens with one attached hydrogen (secondary N) is 1. The minimum Gasteiger partial charge on any atom is -0.480 e. The fourth-order valence-corrected chi connectivity index (χ4v) is 3.47. The van der Waals surface area contributed by atoms with Gasteiger partial charge in [-0.2, -0.15) is 0 Å². The molecule has 2 bridgehead atoms. The minimum absolute atomic E-state index is 0.00946. The van der Waals surface area contributed by atoms with Crippen molar-refractivity contribution >= 4 is 17.8 Å². The highest BCUT2D eigenvalue weighted by Crippen LogP contribution is 2.48. The maximum Gasteiger partial charge on any atom is 0.326 e. The topological polar surface area (TPSA) is 92.7 Å². The zero-order valence-corrected chi connectivity index (χ0v) is 11.6. The van der Waals surface area contributed by atoms with Gasteiger partial charge in [-0.25, -0.2) is 4.79 Å². The van der Waals surface area contributed by atoms with Crippen LogP contribution in [0.15, 0.2) is 0 Å². The van der Waals surface area contributed by atoms with Crippen LogP contribution in [0.2, 0.25) is 0 Å². The molecule has 2 saturated carbocycles. The first-order valence-corrected chi connectivity index (χ1v) is 7.11. The van der Waals surface area contributed by atoms with Gasteiger partial charge in [0.1, 0.15) is 6.04 Å². The third-order valence-corrected chi connectivity index (χ3v) is 4.55. The Balaban J connectivity index is 1.86. The number of hydrogen-bond donors (Lipinski definition) is 2. The molecule has 2 rings (SSSR count). The highest BCUT2D eigenvalue weighted by atomic mass is 16.5. The summed E-state index contributed by atoms with van der Waals surface area (Å²) in [4.78, 5) is 34.4. The van der Waals surface area contributed by atoms with Crippen LogP contribution in [-0.2, 0) is 19.1 Å². The number of methoxy groups -OCH3 is 1. The Bertz CT molecular complexity index is 408. The molecule has 2 fully saturated rings. The zero-order valence-electron chi connectivity index (χ0n) is 11.6. The van der Waals surface area contributed by atoms with E-state index in [-0.39, 0.29) is 24.7 Å². The predicted molar refractivity (Wildman–Crippen MR) is 69.8 cm³/mol. The molecule has 2 aliphatic carbocycles. The second-order valence-electron chi connectivity index (χ2n) is 5.80. The smallest absolute Gasteiger partial charge is 0.326 e. The number of carbonyl (C=O) groups excluding carboxylic acids is 2. The lowest BCUT2D eigenvalue weighted by Gasteiger charge is -2.23. The monoisotopic (exact) mass is 283 g/mol. The number of rotatable bonds is 6. The van der Waals surface area contributed by atoms with Crippen molar-refractivity contribution in [1.82, 2.24) is 5.32 Å². The fourth-order valence-electron chi connectivity index (χ4n) is 3.47. The van der Waals surface area contributed by atoms with Gasteiger partial charge in [0, 0.05) is 12.3 Å². The maximum absolute atomic E-state index is 12.2. The van der Waals surface area contributed by atoms with E-state index in [9.17, 15) is 14.4 Å². The zero-order chi connectivity index (χ0) is 14.7. The number of esters is 1. The van der Waals surface area contributed by atoms with Crippen molar-refractivity contribution < 1.29 is 24.2 Å². The summed E-state index contributed by atoms with van der Waals surface area (Å²) in [6.07, 6.45) is 4.29. The first kappa shape index (κ1) is 14.8. The molecule has 2 N–H and O–H groups in total. The molecule has 4 atom stereocenters. The van der Waals surface area contributed by atoms with Gasteiger partial charge in [-0.15, -0.1) is 0 Å². The number of aliphatic carboxylic acids is 1. The molecule has 2 aliphatic rings. The number of carboxylic acid groups (broad SMARTS) is 1.